The molecule has 2 heterocycles. The Bertz CT molecular complexity index is 1070. The van der Waals surface area contributed by atoms with Crippen LogP contribution in [0.25, 0.3) is 0 Å². The number of aryl methyl sites for hydroxylation is 1. The van der Waals surface area contributed by atoms with Crippen LogP contribution < -0.4 is 11.0 Å². The van der Waals surface area contributed by atoms with Crippen molar-refractivity contribution in [1.29, 1.82) is 0 Å². The quantitative estimate of drug-likeness (QED) is 0.608. The topological polar surface area (TPSA) is 78.2 Å². The predicted molar refractivity (Wildman–Crippen MR) is 117 cm³/mol. The van der Waals surface area contributed by atoms with Crippen molar-refractivity contribution in [1.82, 2.24) is 19.7 Å². The van der Waals surface area contributed by atoms with Crippen LogP contribution in [0.15, 0.2) is 59.4 Å². The van der Waals surface area contributed by atoms with Crippen molar-refractivity contribution in [2.45, 2.75) is 58.5 Å². The van der Waals surface area contributed by atoms with Gasteiger partial charge in [-0.15, -0.1) is 0 Å². The van der Waals surface area contributed by atoms with E-state index < -0.39 is 0 Å². The third kappa shape index (κ3) is 5.70. The maximum atomic E-state index is 12.5. The van der Waals surface area contributed by atoms with E-state index in [1.54, 1.807) is 4.57 Å². The molecule has 1 aliphatic rings. The molecule has 0 radical (unpaired) electrons. The highest BCUT2D eigenvalue weighted by molar-refractivity contribution is 5.75. The molecule has 0 saturated carbocycles. The first-order valence-electron chi connectivity index (χ1n) is 10.8. The van der Waals surface area contributed by atoms with Crippen molar-refractivity contribution in [3.05, 3.63) is 87.6 Å². The number of hydrogen-bond donors (Lipinski definition) is 1. The Hall–Kier alpha value is -3.19. The predicted octanol–water partition coefficient (Wildman–Crippen LogP) is 2.80. The fourth-order valence-electron chi connectivity index (χ4n) is 3.81. The molecule has 3 aromatic rings. The fraction of sp³-hybridized carbons (Fsp3) is 0.375. The van der Waals surface area contributed by atoms with Crippen molar-refractivity contribution in [3.63, 3.8) is 0 Å². The lowest BCUT2D eigenvalue weighted by molar-refractivity contribution is -0.122. The Balaban J connectivity index is 1.28. The van der Waals surface area contributed by atoms with Gasteiger partial charge in [0.05, 0.1) is 13.2 Å². The van der Waals surface area contributed by atoms with E-state index in [0.29, 0.717) is 26.3 Å². The monoisotopic (exact) mass is 420 g/mol. The van der Waals surface area contributed by atoms with E-state index in [4.69, 9.17) is 4.74 Å². The van der Waals surface area contributed by atoms with Gasteiger partial charge in [-0.05, 0) is 29.5 Å². The largest absolute Gasteiger partial charge is 0.372 e. The van der Waals surface area contributed by atoms with Gasteiger partial charge < -0.3 is 10.1 Å². The molecule has 31 heavy (non-hydrogen) atoms. The van der Waals surface area contributed by atoms with Gasteiger partial charge in [-0.3, -0.25) is 9.36 Å². The number of carbonyl (C=O) groups is 1. The second-order valence-corrected chi connectivity index (χ2v) is 7.89. The Morgan fingerprint density at radius 2 is 1.74 bits per heavy atom. The van der Waals surface area contributed by atoms with Crippen molar-refractivity contribution >= 4 is 5.91 Å². The van der Waals surface area contributed by atoms with Crippen LogP contribution in [0.2, 0.25) is 0 Å². The van der Waals surface area contributed by atoms with Gasteiger partial charge in [0.15, 0.2) is 0 Å². The van der Waals surface area contributed by atoms with E-state index >= 15 is 0 Å². The smallest absolute Gasteiger partial charge is 0.346 e. The normalized spacial score (nSPS) is 13.4. The van der Waals surface area contributed by atoms with Crippen molar-refractivity contribution in [2.75, 3.05) is 0 Å². The Morgan fingerprint density at radius 3 is 2.61 bits per heavy atom. The molecular weight excluding hydrogens is 392 g/mol. The zero-order valence-corrected chi connectivity index (χ0v) is 17.6. The minimum absolute atomic E-state index is 0.0568. The second-order valence-electron chi connectivity index (χ2n) is 7.89. The highest BCUT2D eigenvalue weighted by Gasteiger charge is 2.17. The van der Waals surface area contributed by atoms with E-state index in [-0.39, 0.29) is 18.1 Å². The number of amides is 1. The van der Waals surface area contributed by atoms with E-state index in [9.17, 15) is 9.59 Å². The maximum absolute atomic E-state index is 12.5. The van der Waals surface area contributed by atoms with Gasteiger partial charge in [-0.1, -0.05) is 61.0 Å². The molecule has 0 bridgehead atoms. The molecule has 162 valence electrons. The molecule has 4 rings (SSSR count). The van der Waals surface area contributed by atoms with Crippen LogP contribution in [0.4, 0.5) is 0 Å². The minimum Gasteiger partial charge on any atom is -0.372 e. The standard InChI is InChI=1S/C24H28N4O3/c29-23(16-28-24(30)27-13-6-2-5-12-22(27)26-28)25-15-20-10-7-11-21(14-20)18-31-17-19-8-3-1-4-9-19/h1,3-4,7-11,14H,2,5-6,12-13,15-18H2,(H,25,29). The molecule has 1 N–H and O–H groups in total. The molecule has 0 saturated heterocycles. The number of nitrogens with zero attached hydrogens (tertiary/aromatic N) is 3. The first kappa shape index (κ1) is 21.1. The zero-order valence-electron chi connectivity index (χ0n) is 17.6. The lowest BCUT2D eigenvalue weighted by Gasteiger charge is -2.08. The van der Waals surface area contributed by atoms with Gasteiger partial charge in [-0.2, -0.15) is 5.10 Å². The van der Waals surface area contributed by atoms with Gasteiger partial charge in [0.2, 0.25) is 5.91 Å². The van der Waals surface area contributed by atoms with Crippen LogP contribution in [0, 0.1) is 0 Å². The van der Waals surface area contributed by atoms with E-state index in [1.165, 1.54) is 4.68 Å². The summed E-state index contributed by atoms with van der Waals surface area (Å²) in [5, 5.41) is 7.26. The van der Waals surface area contributed by atoms with Crippen LogP contribution >= 0.6 is 0 Å². The summed E-state index contributed by atoms with van der Waals surface area (Å²) in [6, 6.07) is 18.0. The summed E-state index contributed by atoms with van der Waals surface area (Å²) in [5.41, 5.74) is 2.99. The summed E-state index contributed by atoms with van der Waals surface area (Å²) >= 11 is 0. The van der Waals surface area contributed by atoms with E-state index in [2.05, 4.69) is 10.4 Å². The number of fused-ring (bicyclic) bond motifs is 1. The molecule has 2 aromatic carbocycles. The summed E-state index contributed by atoms with van der Waals surface area (Å²) < 4.78 is 8.78. The average molecular weight is 421 g/mol. The molecule has 0 spiro atoms. The zero-order chi connectivity index (χ0) is 21.5. The van der Waals surface area contributed by atoms with Gasteiger partial charge >= 0.3 is 5.69 Å². The minimum atomic E-state index is -0.221. The average Bonchev–Trinajstić information content (AvgIpc) is 2.94. The fourth-order valence-corrected chi connectivity index (χ4v) is 3.81. The van der Waals surface area contributed by atoms with Gasteiger partial charge in [0, 0.05) is 19.5 Å². The lowest BCUT2D eigenvalue weighted by atomic mass is 10.1. The molecule has 0 aliphatic carbocycles. The third-order valence-electron chi connectivity index (χ3n) is 5.44. The number of nitrogens with one attached hydrogen (secondary N) is 1. The molecule has 1 amide bonds. The summed E-state index contributed by atoms with van der Waals surface area (Å²) in [5.74, 6) is 0.569. The molecule has 1 aromatic heterocycles. The Labute approximate surface area is 181 Å². The maximum Gasteiger partial charge on any atom is 0.346 e. The third-order valence-corrected chi connectivity index (χ3v) is 5.44. The first-order chi connectivity index (χ1) is 15.2. The van der Waals surface area contributed by atoms with Crippen molar-refractivity contribution in [3.8, 4) is 0 Å². The van der Waals surface area contributed by atoms with Crippen molar-refractivity contribution in [2.24, 2.45) is 0 Å². The van der Waals surface area contributed by atoms with Crippen LogP contribution in [0.3, 0.4) is 0 Å². The summed E-state index contributed by atoms with van der Waals surface area (Å²) in [7, 11) is 0. The van der Waals surface area contributed by atoms with Gasteiger partial charge in [-0.25, -0.2) is 9.48 Å². The molecule has 1 aliphatic heterocycles. The number of aromatic nitrogens is 3. The highest BCUT2D eigenvalue weighted by atomic mass is 16.5. The number of ether oxygens (including phenoxy) is 1. The van der Waals surface area contributed by atoms with Crippen LogP contribution in [0.1, 0.15) is 41.8 Å². The van der Waals surface area contributed by atoms with Gasteiger partial charge in [0.25, 0.3) is 0 Å². The molecule has 0 atom stereocenters. The second kappa shape index (κ2) is 10.2. The van der Waals surface area contributed by atoms with E-state index in [1.807, 2.05) is 54.6 Å². The molecule has 7 heteroatoms. The number of carbonyl (C=O) groups excluding carboxylic acids is 1. The van der Waals surface area contributed by atoms with Crippen LogP contribution in [-0.4, -0.2) is 20.3 Å². The molecule has 0 unspecified atom stereocenters. The molecule has 0 fully saturated rings. The Kier molecular flexibility index (Phi) is 6.94. The summed E-state index contributed by atoms with van der Waals surface area (Å²) in [6.07, 6.45) is 3.92. The number of benzene rings is 2. The molecular formula is C24H28N4O3. The first-order valence-corrected chi connectivity index (χ1v) is 10.8. The highest BCUT2D eigenvalue weighted by Crippen LogP contribution is 2.11. The van der Waals surface area contributed by atoms with Crippen LogP contribution in [-0.2, 0) is 48.8 Å². The number of rotatable bonds is 8. The lowest BCUT2D eigenvalue weighted by Crippen LogP contribution is -2.33. The van der Waals surface area contributed by atoms with E-state index in [0.717, 1.165) is 48.2 Å². The van der Waals surface area contributed by atoms with Crippen molar-refractivity contribution < 1.29 is 9.53 Å². The summed E-state index contributed by atoms with van der Waals surface area (Å²) in [6.45, 7) is 2.10. The summed E-state index contributed by atoms with van der Waals surface area (Å²) in [4.78, 5) is 24.9. The Morgan fingerprint density at radius 1 is 0.968 bits per heavy atom. The molecule has 7 nitrogen and oxygen atoms in total. The van der Waals surface area contributed by atoms with Crippen LogP contribution in [0.5, 0.6) is 0 Å². The number of hydrogen-bond acceptors (Lipinski definition) is 4. The van der Waals surface area contributed by atoms with Gasteiger partial charge in [0.1, 0.15) is 12.4 Å². The SMILES string of the molecule is O=C(Cn1nc2n(c1=O)CCCCC2)NCc1cccc(COCc2ccccc2)c1.